The van der Waals surface area contributed by atoms with Gasteiger partial charge >= 0.3 is 6.03 Å². The normalized spacial score (nSPS) is 22.4. The fourth-order valence-electron chi connectivity index (χ4n) is 4.21. The molecule has 28 heavy (non-hydrogen) atoms. The Morgan fingerprint density at radius 3 is 2.61 bits per heavy atom. The molecule has 1 N–H and O–H groups in total. The number of Topliss-reactive ketones (excluding diaryl/α,β-unsaturated/α-hetero) is 1. The van der Waals surface area contributed by atoms with Crippen LogP contribution in [0.15, 0.2) is 24.3 Å². The van der Waals surface area contributed by atoms with E-state index in [4.69, 9.17) is 4.74 Å². The van der Waals surface area contributed by atoms with E-state index in [1.54, 1.807) is 31.4 Å². The maximum Gasteiger partial charge on any atom is 0.321 e. The van der Waals surface area contributed by atoms with Gasteiger partial charge in [-0.15, -0.1) is 0 Å². The Labute approximate surface area is 166 Å². The summed E-state index contributed by atoms with van der Waals surface area (Å²) in [7, 11) is 1.64. The maximum atomic E-state index is 12.8. The molecule has 3 rings (SSSR count). The Kier molecular flexibility index (Phi) is 6.34. The topological polar surface area (TPSA) is 79.0 Å². The summed E-state index contributed by atoms with van der Waals surface area (Å²) in [6.45, 7) is 4.71. The SMILES string of the molecule is COCCN1C[C@@]2(CCCN(C(=O)Nc3ccc(C(C)=O)cc3)C2)CCC1=O. The smallest absolute Gasteiger partial charge is 0.321 e. The number of ether oxygens (including phenoxy) is 1. The summed E-state index contributed by atoms with van der Waals surface area (Å²) in [5, 5.41) is 2.93. The first-order valence-corrected chi connectivity index (χ1v) is 9.86. The molecule has 0 bridgehead atoms. The van der Waals surface area contributed by atoms with Gasteiger partial charge in [-0.05, 0) is 50.5 Å². The van der Waals surface area contributed by atoms with E-state index in [0.29, 0.717) is 50.5 Å². The van der Waals surface area contributed by atoms with Crippen molar-refractivity contribution < 1.29 is 19.1 Å². The van der Waals surface area contributed by atoms with Crippen LogP contribution < -0.4 is 5.32 Å². The first-order valence-electron chi connectivity index (χ1n) is 9.86. The number of carbonyl (C=O) groups excluding carboxylic acids is 3. The van der Waals surface area contributed by atoms with Crippen LogP contribution in [-0.4, -0.2) is 67.4 Å². The van der Waals surface area contributed by atoms with Crippen LogP contribution >= 0.6 is 0 Å². The minimum absolute atomic E-state index is 0.000668. The van der Waals surface area contributed by atoms with E-state index in [1.165, 1.54) is 6.92 Å². The van der Waals surface area contributed by atoms with Crippen LogP contribution in [0.4, 0.5) is 10.5 Å². The molecule has 2 heterocycles. The van der Waals surface area contributed by atoms with E-state index in [-0.39, 0.29) is 23.1 Å². The number of rotatable bonds is 5. The van der Waals surface area contributed by atoms with Crippen LogP contribution in [0.1, 0.15) is 43.0 Å². The lowest BCUT2D eigenvalue weighted by Gasteiger charge is -2.48. The molecule has 3 amide bonds. The van der Waals surface area contributed by atoms with Gasteiger partial charge < -0.3 is 19.9 Å². The van der Waals surface area contributed by atoms with Crippen molar-refractivity contribution in [2.45, 2.75) is 32.6 Å². The third-order valence-corrected chi connectivity index (χ3v) is 5.80. The number of ketones is 1. The van der Waals surface area contributed by atoms with Crippen molar-refractivity contribution in [2.24, 2.45) is 5.41 Å². The van der Waals surface area contributed by atoms with Gasteiger partial charge in [0.05, 0.1) is 6.61 Å². The van der Waals surface area contributed by atoms with Gasteiger partial charge in [0, 0.05) is 56.4 Å². The van der Waals surface area contributed by atoms with E-state index < -0.39 is 0 Å². The number of benzene rings is 1. The number of hydrogen-bond donors (Lipinski definition) is 1. The number of methoxy groups -OCH3 is 1. The molecule has 7 nitrogen and oxygen atoms in total. The Balaban J connectivity index is 1.62. The van der Waals surface area contributed by atoms with Crippen molar-refractivity contribution in [1.29, 1.82) is 0 Å². The number of hydrogen-bond acceptors (Lipinski definition) is 4. The number of nitrogens with zero attached hydrogens (tertiary/aromatic N) is 2. The second kappa shape index (κ2) is 8.73. The van der Waals surface area contributed by atoms with Crippen LogP contribution in [0.5, 0.6) is 0 Å². The molecule has 1 aromatic rings. The molecule has 7 heteroatoms. The number of amides is 3. The van der Waals surface area contributed by atoms with E-state index in [9.17, 15) is 14.4 Å². The number of urea groups is 1. The minimum atomic E-state index is -0.130. The van der Waals surface area contributed by atoms with Gasteiger partial charge in [-0.2, -0.15) is 0 Å². The molecule has 2 saturated heterocycles. The van der Waals surface area contributed by atoms with Crippen molar-refractivity contribution in [3.63, 3.8) is 0 Å². The van der Waals surface area contributed by atoms with E-state index in [1.807, 2.05) is 9.80 Å². The zero-order valence-electron chi connectivity index (χ0n) is 16.7. The molecule has 2 fully saturated rings. The molecule has 1 aromatic carbocycles. The van der Waals surface area contributed by atoms with Gasteiger partial charge in [-0.25, -0.2) is 4.79 Å². The Morgan fingerprint density at radius 2 is 1.93 bits per heavy atom. The second-order valence-corrected chi connectivity index (χ2v) is 7.90. The monoisotopic (exact) mass is 387 g/mol. The molecular weight excluding hydrogens is 358 g/mol. The largest absolute Gasteiger partial charge is 0.383 e. The summed E-state index contributed by atoms with van der Waals surface area (Å²) >= 11 is 0. The van der Waals surface area contributed by atoms with Gasteiger partial charge in [0.2, 0.25) is 5.91 Å². The fraction of sp³-hybridized carbons (Fsp3) is 0.571. The third-order valence-electron chi connectivity index (χ3n) is 5.80. The molecule has 0 aromatic heterocycles. The summed E-state index contributed by atoms with van der Waals surface area (Å²) < 4.78 is 5.13. The first kappa shape index (κ1) is 20.3. The van der Waals surface area contributed by atoms with Crippen LogP contribution in [0.25, 0.3) is 0 Å². The Bertz CT molecular complexity index is 734. The van der Waals surface area contributed by atoms with Crippen molar-refractivity contribution in [1.82, 2.24) is 9.80 Å². The number of carbonyl (C=O) groups is 3. The van der Waals surface area contributed by atoms with E-state index in [2.05, 4.69) is 5.32 Å². The van der Waals surface area contributed by atoms with Crippen molar-refractivity contribution in [3.05, 3.63) is 29.8 Å². The number of anilines is 1. The van der Waals surface area contributed by atoms with Crippen LogP contribution in [0.2, 0.25) is 0 Å². The molecular formula is C21H29N3O4. The first-order chi connectivity index (χ1) is 13.4. The third kappa shape index (κ3) is 4.70. The van der Waals surface area contributed by atoms with Gasteiger partial charge in [0.1, 0.15) is 0 Å². The summed E-state index contributed by atoms with van der Waals surface area (Å²) in [5.74, 6) is 0.176. The fourth-order valence-corrected chi connectivity index (χ4v) is 4.21. The molecule has 152 valence electrons. The average molecular weight is 387 g/mol. The molecule has 0 radical (unpaired) electrons. The summed E-state index contributed by atoms with van der Waals surface area (Å²) in [6.07, 6.45) is 3.32. The molecule has 2 aliphatic rings. The van der Waals surface area contributed by atoms with E-state index in [0.717, 1.165) is 19.3 Å². The summed E-state index contributed by atoms with van der Waals surface area (Å²) in [5.41, 5.74) is 1.27. The molecule has 1 atom stereocenters. The highest BCUT2D eigenvalue weighted by Crippen LogP contribution is 2.39. The van der Waals surface area contributed by atoms with Crippen LogP contribution in [-0.2, 0) is 9.53 Å². The summed E-state index contributed by atoms with van der Waals surface area (Å²) in [6, 6.07) is 6.81. The Hall–Kier alpha value is -2.41. The second-order valence-electron chi connectivity index (χ2n) is 7.90. The zero-order chi connectivity index (χ0) is 20.1. The highest BCUT2D eigenvalue weighted by atomic mass is 16.5. The highest BCUT2D eigenvalue weighted by molar-refractivity contribution is 5.95. The van der Waals surface area contributed by atoms with Gasteiger partial charge in [0.25, 0.3) is 0 Å². The molecule has 1 spiro atoms. The summed E-state index contributed by atoms with van der Waals surface area (Å²) in [4.78, 5) is 40.1. The predicted molar refractivity (Wildman–Crippen MR) is 106 cm³/mol. The van der Waals surface area contributed by atoms with Gasteiger partial charge in [0.15, 0.2) is 5.78 Å². The highest BCUT2D eigenvalue weighted by Gasteiger charge is 2.42. The number of likely N-dealkylation sites (tertiary alicyclic amines) is 2. The van der Waals surface area contributed by atoms with Gasteiger partial charge in [-0.1, -0.05) is 0 Å². The standard InChI is InChI=1S/C21H29N3O4/c1-16(25)17-4-6-18(7-5-17)22-20(27)24-11-3-9-21(15-24)10-8-19(26)23(14-21)12-13-28-2/h4-7H,3,8-15H2,1-2H3,(H,22,27)/t21-/m1/s1. The van der Waals surface area contributed by atoms with Crippen LogP contribution in [0.3, 0.4) is 0 Å². The predicted octanol–water partition coefficient (Wildman–Crippen LogP) is 2.77. The van der Waals surface area contributed by atoms with E-state index >= 15 is 0 Å². The number of piperidine rings is 2. The Morgan fingerprint density at radius 1 is 1.18 bits per heavy atom. The molecule has 2 aliphatic heterocycles. The molecule has 0 unspecified atom stereocenters. The zero-order valence-corrected chi connectivity index (χ0v) is 16.7. The van der Waals surface area contributed by atoms with Crippen molar-refractivity contribution in [3.8, 4) is 0 Å². The number of nitrogens with one attached hydrogen (secondary N) is 1. The van der Waals surface area contributed by atoms with Crippen molar-refractivity contribution >= 4 is 23.4 Å². The lowest BCUT2D eigenvalue weighted by molar-refractivity contribution is -0.139. The molecule has 0 aliphatic carbocycles. The maximum absolute atomic E-state index is 12.8. The lowest BCUT2D eigenvalue weighted by atomic mass is 9.73. The lowest BCUT2D eigenvalue weighted by Crippen LogP contribution is -2.56. The average Bonchev–Trinajstić information content (AvgIpc) is 2.69. The van der Waals surface area contributed by atoms with Gasteiger partial charge in [-0.3, -0.25) is 9.59 Å². The molecule has 0 saturated carbocycles. The van der Waals surface area contributed by atoms with Crippen molar-refractivity contribution in [2.75, 3.05) is 45.2 Å². The van der Waals surface area contributed by atoms with Crippen LogP contribution in [0, 0.1) is 5.41 Å². The quantitative estimate of drug-likeness (QED) is 0.788. The minimum Gasteiger partial charge on any atom is -0.383 e.